The van der Waals surface area contributed by atoms with E-state index in [1.807, 2.05) is 86.7 Å². The Balaban J connectivity index is 0.000000167. The lowest BCUT2D eigenvalue weighted by Gasteiger charge is -2.29. The lowest BCUT2D eigenvalue weighted by molar-refractivity contribution is -0.155. The largest absolute Gasteiger partial charge is 0.487 e. The number of hydrogen-bond acceptors (Lipinski definition) is 30. The van der Waals surface area contributed by atoms with Crippen LogP contribution in [-0.4, -0.2) is 235 Å². The second-order valence-electron chi connectivity index (χ2n) is 41.6. The molecule has 8 aromatic rings. The molecule has 8 fully saturated rings. The molecule has 4 amide bonds. The van der Waals surface area contributed by atoms with E-state index < -0.39 is 0 Å². The van der Waals surface area contributed by atoms with Crippen molar-refractivity contribution in [3.63, 3.8) is 0 Å². The Bertz CT molecular complexity index is 5720. The summed E-state index contributed by atoms with van der Waals surface area (Å²) in [6, 6.07) is 17.5. The molecular formula is C110H151Cl2N17O21. The van der Waals surface area contributed by atoms with Crippen LogP contribution in [0, 0.1) is 35.0 Å². The van der Waals surface area contributed by atoms with Crippen molar-refractivity contribution in [2.24, 2.45) is 51.9 Å². The highest BCUT2D eigenvalue weighted by molar-refractivity contribution is 6.31. The van der Waals surface area contributed by atoms with E-state index in [0.29, 0.717) is 88.6 Å². The first kappa shape index (κ1) is 115. The maximum atomic E-state index is 12.6. The number of ether oxygens (including phenoxy) is 13. The van der Waals surface area contributed by atoms with Crippen LogP contribution < -0.4 is 23.7 Å². The summed E-state index contributed by atoms with van der Waals surface area (Å²) < 4.78 is 81.0. The first-order valence-electron chi connectivity index (χ1n) is 53.4. The molecule has 8 saturated carbocycles. The molecule has 0 radical (unpaired) electrons. The number of nitriles is 1. The number of methoxy groups -OCH3 is 1. The molecule has 816 valence electrons. The monoisotopic (exact) mass is 2120 g/mol. The van der Waals surface area contributed by atoms with E-state index in [2.05, 4.69) is 46.4 Å². The number of amides is 4. The lowest BCUT2D eigenvalue weighted by Crippen LogP contribution is -2.35. The average Bonchev–Trinajstić information content (AvgIpc) is 1.63. The highest BCUT2D eigenvalue weighted by atomic mass is 35.5. The van der Waals surface area contributed by atoms with E-state index in [1.165, 1.54) is 0 Å². The number of carbonyl (C=O) groups excluding carboxylic acids is 8. The van der Waals surface area contributed by atoms with Gasteiger partial charge in [-0.1, -0.05) is 74.6 Å². The first-order valence-corrected chi connectivity index (χ1v) is 54.1. The standard InChI is InChI=1S/C28H37N5O5.C28H40N4O6.2C27H37ClN4O5/c1-18(2)37-27(34)19-8-7-11-21(14-19)38-26-13-12-23(31-24(26)15-29)22-16-30-33(4)25(22)17-36-28(35)32(3)20-9-5-6-10-20;1-18(2)37-27(33)19-9-8-12-21(15-19)38-25-14-13-23(30-26(25)35-5)22-16-29-32(4)24(22)17-36-28(34)31(3)20-10-6-7-11-20;2*1-17(2)36-26(33)18-8-7-11-20(14-18)37-24-13-12-22(30-25(24)28)21-15-29-32(4)23(21)16-35-27(34)31(3)19-9-5-6-10-19/h12-13,16,18-21H,5-11,14,17H2,1-4H3;13-14,16,18-21H,6-12,15,17H2,1-5H3;2*12-13,15,17-20H,5-11,14,16H2,1-4H3/t2*19-,21-;2*18-,20-/m0000/s1. The Labute approximate surface area is 889 Å². The van der Waals surface area contributed by atoms with Gasteiger partial charge >= 0.3 is 48.3 Å². The molecule has 0 aromatic carbocycles. The molecule has 8 heterocycles. The van der Waals surface area contributed by atoms with Gasteiger partial charge in [0.1, 0.15) is 32.5 Å². The van der Waals surface area contributed by atoms with Gasteiger partial charge in [0.15, 0.2) is 39.0 Å². The zero-order valence-corrected chi connectivity index (χ0v) is 91.6. The average molecular weight is 2120 g/mol. The Kier molecular flexibility index (Phi) is 42.0. The summed E-state index contributed by atoms with van der Waals surface area (Å²) in [6.45, 7) is 15.1. The summed E-state index contributed by atoms with van der Waals surface area (Å²) in [6.07, 6.45) is 33.9. The van der Waals surface area contributed by atoms with Crippen molar-refractivity contribution in [1.82, 2.24) is 78.7 Å². The first-order chi connectivity index (χ1) is 72.0. The number of nitrogens with zero attached hydrogens (tertiary/aromatic N) is 17. The fraction of sp³-hybridized carbons (Fsp3) is 0.627. The Morgan fingerprint density at radius 3 is 0.833 bits per heavy atom. The smallest absolute Gasteiger partial charge is 0.410 e. The zero-order chi connectivity index (χ0) is 108. The SMILES string of the molecule is CC(C)OC(=O)[C@H]1CCC[C@H](Oc2ccc(-c3cnn(C)c3COC(=O)N(C)C3CCCC3)nc2C#N)C1.CC(C)OC(=O)[C@H]1CCC[C@H](Oc2ccc(-c3cnn(C)c3COC(=O)N(C)C3CCCC3)nc2Cl)C1.CC(C)OC(=O)[C@H]1CCC[C@H](Oc2ccc(-c3cnn(C)c3COC(=O)N(C)C3CCCC3)nc2Cl)C1.COc1nc(-c2cnn(C)c2COC(=O)N(C)C2CCCC2)ccc1O[C@H]1CCC[C@H](C(=O)OC(C)C)C1. The minimum atomic E-state index is -0.360. The number of aromatic nitrogens is 12. The zero-order valence-electron chi connectivity index (χ0n) is 90.1. The quantitative estimate of drug-likeness (QED) is 0.0209. The number of halogens is 2. The topological polar surface area (TPSA) is 416 Å². The molecule has 0 saturated heterocycles. The number of carbonyl (C=O) groups is 8. The van der Waals surface area contributed by atoms with Crippen molar-refractivity contribution in [1.29, 1.82) is 5.26 Å². The summed E-state index contributed by atoms with van der Waals surface area (Å²) in [4.78, 5) is 125. The van der Waals surface area contributed by atoms with Gasteiger partial charge in [0, 0.05) is 103 Å². The molecule has 8 atom stereocenters. The maximum absolute atomic E-state index is 12.6. The van der Waals surface area contributed by atoms with Gasteiger partial charge in [0.2, 0.25) is 0 Å². The number of pyridine rings is 4. The molecule has 150 heavy (non-hydrogen) atoms. The Hall–Kier alpha value is -12.5. The van der Waals surface area contributed by atoms with Crippen molar-refractivity contribution in [3.05, 3.63) is 112 Å². The summed E-state index contributed by atoms with van der Waals surface area (Å²) in [5.74, 6) is 0.821. The Morgan fingerprint density at radius 1 is 0.340 bits per heavy atom. The molecule has 8 aliphatic rings. The third kappa shape index (κ3) is 31.4. The third-order valence-corrected chi connectivity index (χ3v) is 29.9. The number of rotatable bonds is 33. The molecule has 8 aromatic heterocycles. The van der Waals surface area contributed by atoms with Crippen molar-refractivity contribution in [2.45, 2.75) is 360 Å². The van der Waals surface area contributed by atoms with Crippen LogP contribution in [-0.2, 0) is 112 Å². The lowest BCUT2D eigenvalue weighted by atomic mass is 9.87. The van der Waals surface area contributed by atoms with Crippen molar-refractivity contribution in [2.75, 3.05) is 35.3 Å². The van der Waals surface area contributed by atoms with E-state index in [1.54, 1.807) is 144 Å². The molecule has 0 aliphatic heterocycles. The van der Waals surface area contributed by atoms with Gasteiger partial charge in [-0.25, -0.2) is 39.1 Å². The Morgan fingerprint density at radius 2 is 0.580 bits per heavy atom. The van der Waals surface area contributed by atoms with Gasteiger partial charge in [-0.3, -0.25) is 37.9 Å². The van der Waals surface area contributed by atoms with E-state index >= 15 is 0 Å². The fourth-order valence-corrected chi connectivity index (χ4v) is 21.3. The van der Waals surface area contributed by atoms with E-state index in [9.17, 15) is 43.6 Å². The van der Waals surface area contributed by atoms with Gasteiger partial charge in [-0.05, 0) is 258 Å². The number of hydrogen-bond donors (Lipinski definition) is 0. The maximum Gasteiger partial charge on any atom is 0.410 e. The van der Waals surface area contributed by atoms with E-state index in [-0.39, 0.29) is 187 Å². The molecule has 0 unspecified atom stereocenters. The van der Waals surface area contributed by atoms with Gasteiger partial charge < -0.3 is 81.2 Å². The van der Waals surface area contributed by atoms with Crippen LogP contribution in [0.5, 0.6) is 28.9 Å². The second kappa shape index (κ2) is 55.0. The van der Waals surface area contributed by atoms with Crippen molar-refractivity contribution in [3.8, 4) is 80.0 Å². The van der Waals surface area contributed by atoms with Crippen LogP contribution in [0.2, 0.25) is 10.3 Å². The molecule has 40 heteroatoms. The fourth-order valence-electron chi connectivity index (χ4n) is 20.9. The molecule has 0 bridgehead atoms. The van der Waals surface area contributed by atoms with Crippen LogP contribution in [0.3, 0.4) is 0 Å². The van der Waals surface area contributed by atoms with Crippen LogP contribution in [0.15, 0.2) is 73.3 Å². The van der Waals surface area contributed by atoms with Gasteiger partial charge in [-0.15, -0.1) is 0 Å². The molecule has 0 N–H and O–H groups in total. The highest BCUT2D eigenvalue weighted by Gasteiger charge is 2.39. The van der Waals surface area contributed by atoms with Gasteiger partial charge in [-0.2, -0.15) is 25.7 Å². The van der Waals surface area contributed by atoms with Crippen molar-refractivity contribution >= 4 is 71.5 Å². The molecule has 8 aliphatic carbocycles. The van der Waals surface area contributed by atoms with Crippen LogP contribution in [0.4, 0.5) is 19.2 Å². The minimum absolute atomic E-state index is 0.0412. The predicted octanol–water partition coefficient (Wildman–Crippen LogP) is 20.7. The molecule has 16 rings (SSSR count). The van der Waals surface area contributed by atoms with Crippen molar-refractivity contribution < 1.29 is 99.9 Å². The van der Waals surface area contributed by atoms with E-state index in [4.69, 9.17) is 84.8 Å². The van der Waals surface area contributed by atoms with Crippen LogP contribution in [0.25, 0.3) is 45.0 Å². The third-order valence-electron chi connectivity index (χ3n) is 29.4. The normalized spacial score (nSPS) is 20.0. The van der Waals surface area contributed by atoms with E-state index in [0.717, 1.165) is 214 Å². The van der Waals surface area contributed by atoms with Gasteiger partial charge in [0.25, 0.3) is 5.88 Å². The van der Waals surface area contributed by atoms with Crippen LogP contribution >= 0.6 is 23.2 Å². The minimum Gasteiger partial charge on any atom is -0.487 e. The predicted molar refractivity (Wildman–Crippen MR) is 558 cm³/mol. The summed E-state index contributed by atoms with van der Waals surface area (Å²) in [7, 11) is 15.9. The molecule has 38 nitrogen and oxygen atoms in total. The summed E-state index contributed by atoms with van der Waals surface area (Å²) in [5, 5.41) is 27.6. The van der Waals surface area contributed by atoms with Crippen LogP contribution in [0.1, 0.15) is 289 Å². The van der Waals surface area contributed by atoms with Gasteiger partial charge in [0.05, 0.1) is 150 Å². The molecule has 0 spiro atoms. The summed E-state index contributed by atoms with van der Waals surface area (Å²) in [5.41, 5.74) is 8.34. The summed E-state index contributed by atoms with van der Waals surface area (Å²) >= 11 is 13.0. The number of esters is 4. The highest BCUT2D eigenvalue weighted by Crippen LogP contribution is 2.42. The number of aryl methyl sites for hydroxylation is 4. The molecular weight excluding hydrogens is 1970 g/mol. The second-order valence-corrected chi connectivity index (χ2v) is 42.3.